The number of nitrogens with one attached hydrogen (secondary N) is 10. The normalized spacial score (nSPS) is 10.4. The Kier molecular flexibility index (Phi) is 26.2. The van der Waals surface area contributed by atoms with Crippen molar-refractivity contribution in [2.45, 2.75) is 0 Å². The van der Waals surface area contributed by atoms with Gasteiger partial charge < -0.3 is 55.9 Å². The number of nitrogens with zero attached hydrogens (tertiary/aromatic N) is 5. The van der Waals surface area contributed by atoms with Crippen molar-refractivity contribution in [3.8, 4) is 55.6 Å². The molecule has 0 fully saturated rings. The van der Waals surface area contributed by atoms with Gasteiger partial charge in [-0.1, -0.05) is 12.1 Å². The van der Waals surface area contributed by atoms with Gasteiger partial charge in [0.1, 0.15) is 51.7 Å². The Morgan fingerprint density at radius 2 is 0.675 bits per heavy atom. The molecule has 0 atom stereocenters. The van der Waals surface area contributed by atoms with Gasteiger partial charge >= 0.3 is 0 Å². The van der Waals surface area contributed by atoms with E-state index in [4.69, 9.17) is 4.42 Å². The van der Waals surface area contributed by atoms with Gasteiger partial charge in [-0.2, -0.15) is 0 Å². The van der Waals surface area contributed by atoms with Crippen molar-refractivity contribution < 1.29 is 54.7 Å². The molecule has 33 heteroatoms. The van der Waals surface area contributed by atoms with E-state index < -0.39 is 86.3 Å². The molecule has 114 heavy (non-hydrogen) atoms. The number of carbonyl (C=O) groups excluding carboxylic acids is 5. The molecule has 3 aromatic carbocycles. The number of carbonyl (C=O) groups is 5. The van der Waals surface area contributed by atoms with Crippen LogP contribution in [0, 0.1) is 34.9 Å². The van der Waals surface area contributed by atoms with E-state index in [-0.39, 0.29) is 56.8 Å². The van der Waals surface area contributed by atoms with Gasteiger partial charge in [-0.05, 0) is 185 Å². The minimum Gasteiger partial charge on any atom is -0.459 e. The van der Waals surface area contributed by atoms with E-state index in [9.17, 15) is 74.3 Å². The fraction of sp³-hybridized carbons (Fsp3) is 0. The predicted molar refractivity (Wildman–Crippen MR) is 413 cm³/mol. The molecule has 5 amide bonds. The molecule has 12 heterocycles. The van der Waals surface area contributed by atoms with Crippen molar-refractivity contribution in [1.82, 2.24) is 49.8 Å². The smallest absolute Gasteiger partial charge is 0.291 e. The number of aromatic amines is 5. The van der Waals surface area contributed by atoms with Crippen LogP contribution >= 0.6 is 11.3 Å². The standard InChI is InChI=1S/3C17H11F2N3O2.C15H11N3O3.C15H11N3O2S/c18-13-5-11(6-14(19)8-13)16(23)22-15-7-12(9-21-17(15)24)10-1-3-20-4-2-10;18-12-1-2-14(19)13(8-12)16(23)22-15-7-11(9-21-17(15)24)10-3-5-20-6-4-10;18-13-3-1-2-12(15(13)19)16(23)22-14-8-11(9-21-17(14)24)10-4-6-20-7-5-10;2*19-14-12(18-15(20)13-2-1-7-21-13)8-11(9-17-14)10-3-5-16-6-4-10/h3*1-9H,(H,21,24)(H,22,23);2*1-9H,(H,17,19)(H,18,20). The average Bonchev–Trinajstić information content (AvgIpc) is 1.28. The van der Waals surface area contributed by atoms with Crippen LogP contribution in [0.25, 0.3) is 55.6 Å². The Labute approximate surface area is 641 Å². The molecule has 0 unspecified atom stereocenters. The van der Waals surface area contributed by atoms with Gasteiger partial charge in [-0.3, -0.25) is 72.9 Å². The number of furan rings is 1. The summed E-state index contributed by atoms with van der Waals surface area (Å²) in [7, 11) is 0. The Morgan fingerprint density at radius 1 is 0.316 bits per heavy atom. The predicted octanol–water partition coefficient (Wildman–Crippen LogP) is 13.9. The van der Waals surface area contributed by atoms with Gasteiger partial charge in [0.15, 0.2) is 17.4 Å². The Hall–Kier alpha value is -15.9. The highest BCUT2D eigenvalue weighted by Crippen LogP contribution is 2.26. The number of thiophene rings is 1. The molecule has 0 aliphatic carbocycles. The molecule has 0 saturated heterocycles. The number of pyridine rings is 10. The van der Waals surface area contributed by atoms with Gasteiger partial charge in [0.05, 0.1) is 22.3 Å². The van der Waals surface area contributed by atoms with Crippen molar-refractivity contribution in [3.63, 3.8) is 0 Å². The SMILES string of the molecule is O=C(Nc1cc(-c2ccncc2)c[nH]c1=O)c1cc(F)cc(F)c1.O=C(Nc1cc(-c2ccncc2)c[nH]c1=O)c1cc(F)ccc1F.O=C(Nc1cc(-c2ccncc2)c[nH]c1=O)c1cccc(F)c1F.O=C(Nc1cc(-c2ccncc2)c[nH]c1=O)c1ccco1.O=C(Nc1cc(-c2ccncc2)c[nH]c1=O)c1cccs1. The van der Waals surface area contributed by atoms with Crippen LogP contribution in [0.5, 0.6) is 0 Å². The number of anilines is 5. The maximum atomic E-state index is 13.7. The molecule has 26 nitrogen and oxygen atoms in total. The van der Waals surface area contributed by atoms with Crippen LogP contribution in [0.15, 0.2) is 303 Å². The summed E-state index contributed by atoms with van der Waals surface area (Å²) < 4.78 is 85.1. The highest BCUT2D eigenvalue weighted by atomic mass is 32.1. The average molecular weight is 1560 g/mol. The first-order chi connectivity index (χ1) is 55.1. The molecule has 10 N–H and O–H groups in total. The summed E-state index contributed by atoms with van der Waals surface area (Å²) in [5.41, 5.74) is 4.27. The van der Waals surface area contributed by atoms with E-state index in [2.05, 4.69) is 76.4 Å². The highest BCUT2D eigenvalue weighted by molar-refractivity contribution is 7.12. The summed E-state index contributed by atoms with van der Waals surface area (Å²) in [4.78, 5) is 152. The Morgan fingerprint density at radius 3 is 1.04 bits per heavy atom. The van der Waals surface area contributed by atoms with E-state index in [1.807, 2.05) is 29.6 Å². The lowest BCUT2D eigenvalue weighted by atomic mass is 10.1. The van der Waals surface area contributed by atoms with Crippen molar-refractivity contribution in [2.24, 2.45) is 0 Å². The fourth-order valence-corrected chi connectivity index (χ4v) is 10.8. The topological polar surface area (TPSA) is 387 Å². The van der Waals surface area contributed by atoms with Gasteiger partial charge in [0, 0.05) is 132 Å². The lowest BCUT2D eigenvalue weighted by Gasteiger charge is -2.08. The third-order valence-electron chi connectivity index (χ3n) is 15.8. The van der Waals surface area contributed by atoms with Crippen molar-refractivity contribution >= 4 is 69.3 Å². The van der Waals surface area contributed by atoms with Crippen LogP contribution in [-0.4, -0.2) is 79.4 Å². The van der Waals surface area contributed by atoms with Crippen molar-refractivity contribution in [1.29, 1.82) is 0 Å². The molecule has 12 aromatic heterocycles. The largest absolute Gasteiger partial charge is 0.459 e. The number of rotatable bonds is 15. The monoisotopic (exact) mass is 1560 g/mol. The Bertz CT molecular complexity index is 5980. The maximum Gasteiger partial charge on any atom is 0.291 e. The van der Waals surface area contributed by atoms with E-state index in [1.54, 1.807) is 141 Å². The van der Waals surface area contributed by atoms with Crippen LogP contribution in [0.3, 0.4) is 0 Å². The molecule has 0 spiro atoms. The van der Waals surface area contributed by atoms with Gasteiger partial charge in [-0.15, -0.1) is 11.3 Å². The molecule has 0 saturated carbocycles. The quantitative estimate of drug-likeness (QED) is 0.0426. The zero-order valence-corrected chi connectivity index (χ0v) is 59.2. The van der Waals surface area contributed by atoms with E-state index in [0.29, 0.717) is 27.6 Å². The third-order valence-corrected chi connectivity index (χ3v) is 16.7. The minimum atomic E-state index is -1.27. The summed E-state index contributed by atoms with van der Waals surface area (Å²) in [6.07, 6.45) is 25.2. The number of amides is 5. The molecule has 568 valence electrons. The van der Waals surface area contributed by atoms with E-state index in [1.165, 1.54) is 66.5 Å². The lowest BCUT2D eigenvalue weighted by molar-refractivity contribution is 0.0992. The summed E-state index contributed by atoms with van der Waals surface area (Å²) in [6, 6.07) is 40.1. The molecule has 0 aliphatic heterocycles. The number of halogens is 6. The van der Waals surface area contributed by atoms with Gasteiger partial charge in [0.25, 0.3) is 57.3 Å². The molecular formula is C81H55F6N15O11S. The Balaban J connectivity index is 0.000000141. The van der Waals surface area contributed by atoms with Gasteiger partial charge in [-0.25, -0.2) is 26.3 Å². The maximum absolute atomic E-state index is 13.7. The van der Waals surface area contributed by atoms with Crippen LogP contribution in [0.1, 0.15) is 51.3 Å². The van der Waals surface area contributed by atoms with Crippen LogP contribution < -0.4 is 54.4 Å². The summed E-state index contributed by atoms with van der Waals surface area (Å²) in [5.74, 6) is -9.02. The van der Waals surface area contributed by atoms with Crippen molar-refractivity contribution in [2.75, 3.05) is 26.6 Å². The first-order valence-corrected chi connectivity index (χ1v) is 34.1. The fourth-order valence-electron chi connectivity index (χ4n) is 10.2. The lowest BCUT2D eigenvalue weighted by Crippen LogP contribution is -2.21. The number of hydrogen-bond donors (Lipinski definition) is 10. The van der Waals surface area contributed by atoms with Crippen LogP contribution in [0.4, 0.5) is 54.8 Å². The zero-order chi connectivity index (χ0) is 80.6. The van der Waals surface area contributed by atoms with Crippen LogP contribution in [0.2, 0.25) is 0 Å². The minimum absolute atomic E-state index is 0.0287. The zero-order valence-electron chi connectivity index (χ0n) is 58.4. The molecule has 15 aromatic rings. The summed E-state index contributed by atoms with van der Waals surface area (Å²) in [6.45, 7) is 0. The molecular weight excluding hydrogens is 1510 g/mol. The third kappa shape index (κ3) is 21.3. The molecule has 0 radical (unpaired) electrons. The molecule has 15 rings (SSSR count). The van der Waals surface area contributed by atoms with E-state index in [0.717, 1.165) is 81.4 Å². The van der Waals surface area contributed by atoms with Gasteiger partial charge in [0.2, 0.25) is 0 Å². The second-order valence-electron chi connectivity index (χ2n) is 23.4. The number of aromatic nitrogens is 10. The summed E-state index contributed by atoms with van der Waals surface area (Å²) in [5, 5.41) is 13.9. The first-order valence-electron chi connectivity index (χ1n) is 33.3. The molecule has 0 aliphatic rings. The number of hydrogen-bond acceptors (Lipinski definition) is 17. The second-order valence-corrected chi connectivity index (χ2v) is 24.4. The first kappa shape index (κ1) is 79.1. The highest BCUT2D eigenvalue weighted by Gasteiger charge is 2.20. The van der Waals surface area contributed by atoms with E-state index >= 15 is 0 Å². The number of H-pyrrole nitrogens is 5. The van der Waals surface area contributed by atoms with Crippen LogP contribution in [-0.2, 0) is 0 Å². The number of benzene rings is 3. The molecule has 0 bridgehead atoms. The van der Waals surface area contributed by atoms with Crippen molar-refractivity contribution in [3.05, 3.63) is 388 Å². The summed E-state index contributed by atoms with van der Waals surface area (Å²) >= 11 is 1.32. The second kappa shape index (κ2) is 37.7.